The van der Waals surface area contributed by atoms with Crippen molar-refractivity contribution in [3.8, 4) is 0 Å². The highest BCUT2D eigenvalue weighted by Gasteiger charge is 2.30. The van der Waals surface area contributed by atoms with Gasteiger partial charge in [-0.05, 0) is 37.8 Å². The molecule has 0 aromatic carbocycles. The van der Waals surface area contributed by atoms with Crippen LogP contribution in [0, 0.1) is 6.92 Å². The largest absolute Gasteiger partial charge is 0.344 e. The molecular weight excluding hydrogens is 310 g/mol. The number of nitrogens with zero attached hydrogens (tertiary/aromatic N) is 3. The van der Waals surface area contributed by atoms with E-state index in [1.807, 2.05) is 10.3 Å². The zero-order valence-corrected chi connectivity index (χ0v) is 13.3. The molecule has 112 valence electrons. The summed E-state index contributed by atoms with van der Waals surface area (Å²) in [6.45, 7) is 2.57. The molecule has 2 aromatic rings. The second-order valence-electron chi connectivity index (χ2n) is 5.17. The second-order valence-corrected chi connectivity index (χ2v) is 6.44. The lowest BCUT2D eigenvalue weighted by molar-refractivity contribution is -0.134. The van der Waals surface area contributed by atoms with E-state index in [4.69, 9.17) is 16.1 Å². The number of hydrogen-bond acceptors (Lipinski definition) is 5. The van der Waals surface area contributed by atoms with Crippen LogP contribution >= 0.6 is 22.9 Å². The van der Waals surface area contributed by atoms with Gasteiger partial charge in [-0.25, -0.2) is 4.98 Å². The monoisotopic (exact) mass is 325 g/mol. The number of halogens is 1. The van der Waals surface area contributed by atoms with Gasteiger partial charge in [0.25, 0.3) is 0 Å². The highest BCUT2D eigenvalue weighted by atomic mass is 35.5. The number of carbonyl (C=O) groups excluding carboxylic acids is 1. The molecule has 0 saturated carbocycles. The van der Waals surface area contributed by atoms with E-state index in [-0.39, 0.29) is 23.6 Å². The summed E-state index contributed by atoms with van der Waals surface area (Å²) in [4.78, 5) is 18.9. The van der Waals surface area contributed by atoms with Crippen molar-refractivity contribution in [3.05, 3.63) is 33.1 Å². The number of hydrogen-bond donors (Lipinski definition) is 0. The number of rotatable bonds is 3. The van der Waals surface area contributed by atoms with E-state index in [0.717, 1.165) is 30.8 Å². The van der Waals surface area contributed by atoms with Crippen molar-refractivity contribution < 1.29 is 9.32 Å². The first-order valence-electron chi connectivity index (χ1n) is 6.96. The highest BCUT2D eigenvalue weighted by molar-refractivity contribution is 7.09. The maximum atomic E-state index is 12.7. The van der Waals surface area contributed by atoms with Gasteiger partial charge in [-0.2, -0.15) is 0 Å². The molecule has 0 spiro atoms. The van der Waals surface area contributed by atoms with Gasteiger partial charge in [0.05, 0.1) is 18.2 Å². The van der Waals surface area contributed by atoms with Crippen molar-refractivity contribution in [2.75, 3.05) is 6.54 Å². The number of carbonyl (C=O) groups is 1. The Bertz CT molecular complexity index is 607. The van der Waals surface area contributed by atoms with Gasteiger partial charge in [0.1, 0.15) is 5.01 Å². The molecule has 1 aliphatic rings. The second kappa shape index (κ2) is 6.15. The molecule has 5 nitrogen and oxygen atoms in total. The first kappa shape index (κ1) is 14.5. The van der Waals surface area contributed by atoms with E-state index in [9.17, 15) is 4.79 Å². The summed E-state index contributed by atoms with van der Waals surface area (Å²) in [5.41, 5.74) is 1.36. The first-order chi connectivity index (χ1) is 10.2. The molecule has 3 heterocycles. The number of amides is 1. The van der Waals surface area contributed by atoms with E-state index < -0.39 is 0 Å². The predicted octanol–water partition coefficient (Wildman–Crippen LogP) is 3.39. The van der Waals surface area contributed by atoms with Crippen LogP contribution in [0.25, 0.3) is 0 Å². The average molecular weight is 326 g/mol. The minimum Gasteiger partial charge on any atom is -0.344 e. The number of aryl methyl sites for hydroxylation is 1. The van der Waals surface area contributed by atoms with Crippen molar-refractivity contribution in [2.45, 2.75) is 38.6 Å². The van der Waals surface area contributed by atoms with Crippen molar-refractivity contribution in [3.63, 3.8) is 0 Å². The summed E-state index contributed by atoms with van der Waals surface area (Å²) >= 11 is 7.56. The van der Waals surface area contributed by atoms with Crippen LogP contribution in [0.3, 0.4) is 0 Å². The minimum absolute atomic E-state index is 0.0584. The summed E-state index contributed by atoms with van der Waals surface area (Å²) in [6, 6.07) is 0.0881. The maximum Gasteiger partial charge on any atom is 0.229 e. The molecular formula is C14H16ClN3O2S. The lowest BCUT2D eigenvalue weighted by atomic mass is 10.0. The van der Waals surface area contributed by atoms with Crippen LogP contribution in [0.2, 0.25) is 5.22 Å². The van der Waals surface area contributed by atoms with Crippen molar-refractivity contribution >= 4 is 28.8 Å². The molecule has 1 amide bonds. The van der Waals surface area contributed by atoms with Gasteiger partial charge in [0.15, 0.2) is 0 Å². The van der Waals surface area contributed by atoms with Crippen LogP contribution in [-0.4, -0.2) is 27.5 Å². The molecule has 3 rings (SSSR count). The van der Waals surface area contributed by atoms with E-state index in [1.165, 1.54) is 0 Å². The third-order valence-electron chi connectivity index (χ3n) is 3.82. The standard InChI is InChI=1S/C14H16ClN3O2S/c1-9-10(13(15)20-17-9)8-12(19)18-6-3-2-4-11(18)14-16-5-7-21-14/h5,7,11H,2-4,6,8H2,1H3. The van der Waals surface area contributed by atoms with Crippen LogP contribution < -0.4 is 0 Å². The zero-order chi connectivity index (χ0) is 14.8. The normalized spacial score (nSPS) is 19.0. The lowest BCUT2D eigenvalue weighted by Gasteiger charge is -2.34. The summed E-state index contributed by atoms with van der Waals surface area (Å²) in [5, 5.41) is 6.97. The predicted molar refractivity (Wildman–Crippen MR) is 80.4 cm³/mol. The van der Waals surface area contributed by atoms with Crippen molar-refractivity contribution in [2.24, 2.45) is 0 Å². The number of piperidine rings is 1. The van der Waals surface area contributed by atoms with E-state index in [0.29, 0.717) is 11.3 Å². The fourth-order valence-corrected chi connectivity index (χ4v) is 3.72. The third kappa shape index (κ3) is 2.96. The van der Waals surface area contributed by atoms with Crippen molar-refractivity contribution in [1.29, 1.82) is 0 Å². The fraction of sp³-hybridized carbons (Fsp3) is 0.500. The number of likely N-dealkylation sites (tertiary alicyclic amines) is 1. The Morgan fingerprint density at radius 1 is 1.57 bits per heavy atom. The average Bonchev–Trinajstić information content (AvgIpc) is 3.13. The van der Waals surface area contributed by atoms with Gasteiger partial charge in [-0.15, -0.1) is 11.3 Å². The van der Waals surface area contributed by atoms with Crippen LogP contribution in [0.15, 0.2) is 16.1 Å². The summed E-state index contributed by atoms with van der Waals surface area (Å²) in [5.74, 6) is 0.0584. The van der Waals surface area contributed by atoms with Crippen LogP contribution in [-0.2, 0) is 11.2 Å². The molecule has 1 saturated heterocycles. The minimum atomic E-state index is 0.0584. The van der Waals surface area contributed by atoms with Gasteiger partial charge in [-0.3, -0.25) is 4.79 Å². The molecule has 0 aliphatic carbocycles. The Kier molecular flexibility index (Phi) is 4.26. The lowest BCUT2D eigenvalue weighted by Crippen LogP contribution is -2.39. The summed E-state index contributed by atoms with van der Waals surface area (Å²) < 4.78 is 4.92. The van der Waals surface area contributed by atoms with Gasteiger partial charge >= 0.3 is 0 Å². The Labute approximate surface area is 131 Å². The first-order valence-corrected chi connectivity index (χ1v) is 8.22. The molecule has 2 aromatic heterocycles. The quantitative estimate of drug-likeness (QED) is 0.868. The smallest absolute Gasteiger partial charge is 0.229 e. The van der Waals surface area contributed by atoms with Crippen LogP contribution in [0.5, 0.6) is 0 Å². The van der Waals surface area contributed by atoms with Crippen LogP contribution in [0.1, 0.15) is 41.6 Å². The SMILES string of the molecule is Cc1noc(Cl)c1CC(=O)N1CCCCC1c1nccs1. The molecule has 1 aliphatic heterocycles. The fourth-order valence-electron chi connectivity index (χ4n) is 2.70. The van der Waals surface area contributed by atoms with E-state index in [1.54, 1.807) is 24.5 Å². The van der Waals surface area contributed by atoms with Gasteiger partial charge < -0.3 is 9.42 Å². The van der Waals surface area contributed by atoms with Gasteiger partial charge in [0.2, 0.25) is 11.1 Å². The van der Waals surface area contributed by atoms with Gasteiger partial charge in [-0.1, -0.05) is 5.16 Å². The van der Waals surface area contributed by atoms with Gasteiger partial charge in [0, 0.05) is 23.7 Å². The Hall–Kier alpha value is -1.40. The molecule has 21 heavy (non-hydrogen) atoms. The maximum absolute atomic E-state index is 12.7. The highest BCUT2D eigenvalue weighted by Crippen LogP contribution is 2.33. The molecule has 0 radical (unpaired) electrons. The molecule has 0 N–H and O–H groups in total. The van der Waals surface area contributed by atoms with E-state index >= 15 is 0 Å². The summed E-state index contributed by atoms with van der Waals surface area (Å²) in [7, 11) is 0. The number of aromatic nitrogens is 2. The summed E-state index contributed by atoms with van der Waals surface area (Å²) in [6.07, 6.45) is 5.15. The van der Waals surface area contributed by atoms with Crippen molar-refractivity contribution in [1.82, 2.24) is 15.0 Å². The zero-order valence-electron chi connectivity index (χ0n) is 11.7. The Balaban J connectivity index is 1.79. The molecule has 0 bridgehead atoms. The molecule has 1 unspecified atom stereocenters. The number of thiazole rings is 1. The topological polar surface area (TPSA) is 59.2 Å². The molecule has 1 atom stereocenters. The third-order valence-corrected chi connectivity index (χ3v) is 5.00. The Morgan fingerprint density at radius 3 is 3.10 bits per heavy atom. The molecule has 7 heteroatoms. The van der Waals surface area contributed by atoms with E-state index in [2.05, 4.69) is 10.1 Å². The van der Waals surface area contributed by atoms with Crippen LogP contribution in [0.4, 0.5) is 0 Å². The molecule has 1 fully saturated rings. The Morgan fingerprint density at radius 2 is 2.43 bits per heavy atom.